The lowest BCUT2D eigenvalue weighted by Crippen LogP contribution is -2.12. The second kappa shape index (κ2) is 10.9. The predicted octanol–water partition coefficient (Wildman–Crippen LogP) is 5.20. The van der Waals surface area contributed by atoms with Crippen molar-refractivity contribution in [2.75, 3.05) is 23.4 Å². The molecule has 2 aromatic heterocycles. The number of aromatic nitrogens is 2. The SMILES string of the molecule is CCOc1ccc2nc(NC(=O)CCSc3nc(N)c(C#N)c(-c4ccccc4)c3C#N)sc2c1. The molecule has 0 bridgehead atoms. The topological polar surface area (TPSA) is 138 Å². The number of hydrogen-bond donors (Lipinski definition) is 2. The van der Waals surface area contributed by atoms with E-state index in [1.54, 1.807) is 0 Å². The minimum Gasteiger partial charge on any atom is -0.494 e. The maximum absolute atomic E-state index is 12.5. The summed E-state index contributed by atoms with van der Waals surface area (Å²) in [5.41, 5.74) is 8.42. The van der Waals surface area contributed by atoms with E-state index in [-0.39, 0.29) is 29.3 Å². The summed E-state index contributed by atoms with van der Waals surface area (Å²) in [5.74, 6) is 0.977. The Bertz CT molecular complexity index is 1470. The normalized spacial score (nSPS) is 10.5. The molecule has 0 aliphatic rings. The molecule has 0 aliphatic carbocycles. The van der Waals surface area contributed by atoms with Crippen LogP contribution in [0.15, 0.2) is 53.6 Å². The van der Waals surface area contributed by atoms with Crippen LogP contribution in [-0.2, 0) is 4.79 Å². The monoisotopic (exact) mass is 500 g/mol. The molecule has 10 heteroatoms. The number of thioether (sulfide) groups is 1. The first kappa shape index (κ1) is 24.0. The molecule has 0 saturated carbocycles. The lowest BCUT2D eigenvalue weighted by atomic mass is 9.97. The van der Waals surface area contributed by atoms with Gasteiger partial charge in [0, 0.05) is 17.7 Å². The maximum atomic E-state index is 12.5. The third-order valence-electron chi connectivity index (χ3n) is 4.96. The Morgan fingerprint density at radius 3 is 2.63 bits per heavy atom. The van der Waals surface area contributed by atoms with Crippen molar-refractivity contribution in [3.8, 4) is 29.0 Å². The zero-order chi connectivity index (χ0) is 24.8. The molecule has 4 aromatic rings. The number of benzene rings is 2. The number of nitrogens with one attached hydrogen (secondary N) is 1. The van der Waals surface area contributed by atoms with Gasteiger partial charge in [0.25, 0.3) is 0 Å². The number of fused-ring (bicyclic) bond motifs is 1. The first-order valence-corrected chi connectivity index (χ1v) is 12.5. The molecular weight excluding hydrogens is 480 g/mol. The zero-order valence-corrected chi connectivity index (χ0v) is 20.4. The van der Waals surface area contributed by atoms with E-state index in [4.69, 9.17) is 10.5 Å². The molecule has 3 N–H and O–H groups in total. The minimum atomic E-state index is -0.204. The average molecular weight is 501 g/mol. The lowest BCUT2D eigenvalue weighted by molar-refractivity contribution is -0.115. The molecule has 174 valence electrons. The molecule has 0 saturated heterocycles. The summed E-state index contributed by atoms with van der Waals surface area (Å²) < 4.78 is 6.43. The van der Waals surface area contributed by atoms with Gasteiger partial charge in [-0.05, 0) is 30.7 Å². The van der Waals surface area contributed by atoms with Crippen LogP contribution in [-0.4, -0.2) is 28.2 Å². The fourth-order valence-corrected chi connectivity index (χ4v) is 5.28. The standard InChI is InChI=1S/C25H20N6O2S2/c1-2-33-16-8-9-19-20(12-16)35-25(29-19)30-21(32)10-11-34-24-18(14-27)22(15-6-4-3-5-7-15)17(13-26)23(28)31-24/h3-9,12H,2,10-11H2,1H3,(H2,28,31)(H,29,30,32). The van der Waals surface area contributed by atoms with Gasteiger partial charge in [-0.25, -0.2) is 9.97 Å². The van der Waals surface area contributed by atoms with Gasteiger partial charge in [0.15, 0.2) is 5.13 Å². The number of nitrogens with two attached hydrogens (primary N) is 1. The van der Waals surface area contributed by atoms with Gasteiger partial charge in [-0.3, -0.25) is 4.79 Å². The third-order valence-corrected chi connectivity index (χ3v) is 6.87. The average Bonchev–Trinajstić information content (AvgIpc) is 3.25. The third kappa shape index (κ3) is 5.35. The van der Waals surface area contributed by atoms with Crippen molar-refractivity contribution >= 4 is 50.2 Å². The number of nitriles is 2. The number of carbonyl (C=O) groups is 1. The fourth-order valence-electron chi connectivity index (χ4n) is 3.43. The highest BCUT2D eigenvalue weighted by Gasteiger charge is 2.20. The molecule has 2 heterocycles. The van der Waals surface area contributed by atoms with Crippen molar-refractivity contribution in [3.63, 3.8) is 0 Å². The first-order valence-electron chi connectivity index (χ1n) is 10.7. The van der Waals surface area contributed by atoms with E-state index < -0.39 is 0 Å². The van der Waals surface area contributed by atoms with Crippen LogP contribution in [0, 0.1) is 22.7 Å². The second-order valence-electron chi connectivity index (χ2n) is 7.25. The first-order chi connectivity index (χ1) is 17.0. The van der Waals surface area contributed by atoms with Crippen LogP contribution in [0.5, 0.6) is 5.75 Å². The van der Waals surface area contributed by atoms with Crippen molar-refractivity contribution in [2.45, 2.75) is 18.4 Å². The number of rotatable bonds is 8. The molecule has 0 aliphatic heterocycles. The van der Waals surface area contributed by atoms with E-state index in [9.17, 15) is 15.3 Å². The molecule has 4 rings (SSSR count). The Morgan fingerprint density at radius 2 is 1.91 bits per heavy atom. The van der Waals surface area contributed by atoms with Gasteiger partial charge >= 0.3 is 0 Å². The molecule has 0 unspecified atom stereocenters. The van der Waals surface area contributed by atoms with Crippen molar-refractivity contribution in [2.24, 2.45) is 0 Å². The molecule has 2 aromatic carbocycles. The van der Waals surface area contributed by atoms with Crippen molar-refractivity contribution in [3.05, 3.63) is 59.7 Å². The van der Waals surface area contributed by atoms with E-state index in [0.29, 0.717) is 33.6 Å². The summed E-state index contributed by atoms with van der Waals surface area (Å²) in [6.07, 6.45) is 0.178. The summed E-state index contributed by atoms with van der Waals surface area (Å²) in [5, 5.41) is 23.2. The Labute approximate surface area is 210 Å². The molecule has 8 nitrogen and oxygen atoms in total. The zero-order valence-electron chi connectivity index (χ0n) is 18.7. The number of anilines is 2. The van der Waals surface area contributed by atoms with E-state index in [2.05, 4.69) is 27.4 Å². The number of hydrogen-bond acceptors (Lipinski definition) is 9. The van der Waals surface area contributed by atoms with Crippen molar-refractivity contribution < 1.29 is 9.53 Å². The van der Waals surface area contributed by atoms with Crippen LogP contribution in [0.4, 0.5) is 10.9 Å². The van der Waals surface area contributed by atoms with Crippen LogP contribution in [0.3, 0.4) is 0 Å². The number of amides is 1. The molecule has 0 fully saturated rings. The summed E-state index contributed by atoms with van der Waals surface area (Å²) in [7, 11) is 0. The van der Waals surface area contributed by atoms with E-state index in [0.717, 1.165) is 16.0 Å². The summed E-state index contributed by atoms with van der Waals surface area (Å²) in [6, 6.07) is 19.0. The number of nitrogens with zero attached hydrogens (tertiary/aromatic N) is 4. The molecule has 1 amide bonds. The highest BCUT2D eigenvalue weighted by atomic mass is 32.2. The van der Waals surface area contributed by atoms with Crippen LogP contribution in [0.1, 0.15) is 24.5 Å². The van der Waals surface area contributed by atoms with Crippen LogP contribution < -0.4 is 15.8 Å². The van der Waals surface area contributed by atoms with Crippen molar-refractivity contribution in [1.82, 2.24) is 9.97 Å². The minimum absolute atomic E-state index is 0.0539. The highest BCUT2D eigenvalue weighted by Crippen LogP contribution is 2.36. The molecule has 0 atom stereocenters. The number of pyridine rings is 1. The molecule has 0 radical (unpaired) electrons. The van der Waals surface area contributed by atoms with Gasteiger partial charge in [-0.1, -0.05) is 41.7 Å². The molecular formula is C25H20N6O2S2. The Hall–Kier alpha value is -4.12. The Kier molecular flexibility index (Phi) is 7.46. The van der Waals surface area contributed by atoms with Gasteiger partial charge in [0.05, 0.1) is 22.4 Å². The van der Waals surface area contributed by atoms with E-state index in [1.165, 1.54) is 23.1 Å². The Morgan fingerprint density at radius 1 is 1.14 bits per heavy atom. The van der Waals surface area contributed by atoms with Gasteiger partial charge in [0.2, 0.25) is 5.91 Å². The smallest absolute Gasteiger partial charge is 0.226 e. The van der Waals surface area contributed by atoms with E-state index >= 15 is 0 Å². The highest BCUT2D eigenvalue weighted by molar-refractivity contribution is 7.99. The summed E-state index contributed by atoms with van der Waals surface area (Å²) >= 11 is 2.62. The second-order valence-corrected chi connectivity index (χ2v) is 9.36. The van der Waals surface area contributed by atoms with Gasteiger partial charge in [0.1, 0.15) is 34.3 Å². The quantitative estimate of drug-likeness (QED) is 0.315. The largest absolute Gasteiger partial charge is 0.494 e. The summed E-state index contributed by atoms with van der Waals surface area (Å²) in [4.78, 5) is 21.2. The number of ether oxygens (including phenoxy) is 1. The fraction of sp³-hybridized carbons (Fsp3) is 0.160. The van der Waals surface area contributed by atoms with Crippen LogP contribution in [0.25, 0.3) is 21.3 Å². The van der Waals surface area contributed by atoms with Gasteiger partial charge < -0.3 is 15.8 Å². The van der Waals surface area contributed by atoms with Gasteiger partial charge in [-0.15, -0.1) is 11.8 Å². The maximum Gasteiger partial charge on any atom is 0.226 e. The predicted molar refractivity (Wildman–Crippen MR) is 138 cm³/mol. The Balaban J connectivity index is 1.47. The van der Waals surface area contributed by atoms with Crippen molar-refractivity contribution in [1.29, 1.82) is 10.5 Å². The molecule has 35 heavy (non-hydrogen) atoms. The molecule has 0 spiro atoms. The van der Waals surface area contributed by atoms with Crippen LogP contribution in [0.2, 0.25) is 0 Å². The number of nitrogen functional groups attached to an aromatic ring is 1. The number of thiazole rings is 1. The van der Waals surface area contributed by atoms with Crippen LogP contribution >= 0.6 is 23.1 Å². The number of carbonyl (C=O) groups excluding carboxylic acids is 1. The lowest BCUT2D eigenvalue weighted by Gasteiger charge is -2.12. The van der Waals surface area contributed by atoms with Gasteiger partial charge in [-0.2, -0.15) is 10.5 Å². The summed E-state index contributed by atoms with van der Waals surface area (Å²) in [6.45, 7) is 2.50. The van der Waals surface area contributed by atoms with E-state index in [1.807, 2.05) is 55.5 Å².